The van der Waals surface area contributed by atoms with Crippen molar-refractivity contribution in [3.05, 3.63) is 36.1 Å². The molecule has 0 aromatic carbocycles. The summed E-state index contributed by atoms with van der Waals surface area (Å²) >= 11 is 1.62. The fourth-order valence-corrected chi connectivity index (χ4v) is 1.48. The summed E-state index contributed by atoms with van der Waals surface area (Å²) in [6, 6.07) is 3.92. The molecule has 4 heteroatoms. The molecule has 0 aliphatic heterocycles. The molecule has 0 N–H and O–H groups in total. The van der Waals surface area contributed by atoms with Crippen LogP contribution in [0.5, 0.6) is 0 Å². The highest BCUT2D eigenvalue weighted by Crippen LogP contribution is 2.19. The van der Waals surface area contributed by atoms with Crippen molar-refractivity contribution < 1.29 is 0 Å². The molecule has 0 aliphatic carbocycles. The van der Waals surface area contributed by atoms with Crippen molar-refractivity contribution in [2.24, 2.45) is 0 Å². The molecule has 12 heavy (non-hydrogen) atoms. The number of halogens is 1. The summed E-state index contributed by atoms with van der Waals surface area (Å²) < 4.78 is 0. The zero-order valence-corrected chi connectivity index (χ0v) is 7.81. The van der Waals surface area contributed by atoms with E-state index in [1.54, 1.807) is 23.7 Å². The molecule has 0 bridgehead atoms. The van der Waals surface area contributed by atoms with Crippen molar-refractivity contribution in [3.63, 3.8) is 0 Å². The van der Waals surface area contributed by atoms with Crippen LogP contribution in [0.1, 0.15) is 0 Å². The second kappa shape index (κ2) is 4.18. The minimum Gasteiger partial charge on any atom is -0.264 e. The maximum Gasteiger partial charge on any atom is 0.124 e. The van der Waals surface area contributed by atoms with Crippen LogP contribution in [0.2, 0.25) is 0 Å². The highest BCUT2D eigenvalue weighted by Gasteiger charge is 1.96. The van der Waals surface area contributed by atoms with Crippen molar-refractivity contribution in [1.82, 2.24) is 9.97 Å². The Labute approximate surface area is 80.7 Å². The van der Waals surface area contributed by atoms with Gasteiger partial charge in [0.2, 0.25) is 0 Å². The van der Waals surface area contributed by atoms with Crippen LogP contribution in [0.15, 0.2) is 36.1 Å². The smallest absolute Gasteiger partial charge is 0.124 e. The quantitative estimate of drug-likeness (QED) is 0.704. The molecule has 2 heterocycles. The van der Waals surface area contributed by atoms with Crippen LogP contribution in [-0.2, 0) is 0 Å². The maximum absolute atomic E-state index is 4.16. The number of thiazole rings is 1. The van der Waals surface area contributed by atoms with E-state index in [1.165, 1.54) is 0 Å². The molecule has 0 spiro atoms. The van der Waals surface area contributed by atoms with Gasteiger partial charge in [-0.3, -0.25) is 4.98 Å². The predicted octanol–water partition coefficient (Wildman–Crippen LogP) is 2.63. The van der Waals surface area contributed by atoms with Crippen LogP contribution in [0.4, 0.5) is 0 Å². The van der Waals surface area contributed by atoms with Gasteiger partial charge in [0, 0.05) is 29.5 Å². The first-order valence-electron chi connectivity index (χ1n) is 3.27. The highest BCUT2D eigenvalue weighted by molar-refractivity contribution is 7.13. The number of pyridine rings is 1. The Morgan fingerprint density at radius 1 is 1.25 bits per heavy atom. The summed E-state index contributed by atoms with van der Waals surface area (Å²) in [7, 11) is 0. The van der Waals surface area contributed by atoms with Gasteiger partial charge >= 0.3 is 0 Å². The lowest BCUT2D eigenvalue weighted by atomic mass is 10.3. The monoisotopic (exact) mass is 198 g/mol. The average Bonchev–Trinajstić information content (AvgIpc) is 2.58. The summed E-state index contributed by atoms with van der Waals surface area (Å²) in [4.78, 5) is 8.17. The van der Waals surface area contributed by atoms with E-state index < -0.39 is 0 Å². The minimum atomic E-state index is 0. The maximum atomic E-state index is 4.16. The third-order valence-corrected chi connectivity index (χ3v) is 2.16. The molecule has 2 aromatic rings. The number of nitrogens with zero attached hydrogens (tertiary/aromatic N) is 2. The topological polar surface area (TPSA) is 25.8 Å². The Kier molecular flexibility index (Phi) is 3.19. The Bertz CT molecular complexity index is 320. The molecular formula is C8H7ClN2S. The second-order valence-corrected chi connectivity index (χ2v) is 2.97. The lowest BCUT2D eigenvalue weighted by Crippen LogP contribution is -1.75. The summed E-state index contributed by atoms with van der Waals surface area (Å²) in [5.74, 6) is 0. The van der Waals surface area contributed by atoms with Gasteiger partial charge in [0.25, 0.3) is 0 Å². The summed E-state index contributed by atoms with van der Waals surface area (Å²) in [6.45, 7) is 0. The zero-order chi connectivity index (χ0) is 7.52. The number of hydrogen-bond acceptors (Lipinski definition) is 3. The first-order valence-corrected chi connectivity index (χ1v) is 4.15. The summed E-state index contributed by atoms with van der Waals surface area (Å²) in [5, 5.41) is 2.99. The third-order valence-electron chi connectivity index (χ3n) is 1.34. The Morgan fingerprint density at radius 3 is 2.75 bits per heavy atom. The van der Waals surface area contributed by atoms with Crippen LogP contribution in [-0.4, -0.2) is 9.97 Å². The Morgan fingerprint density at radius 2 is 2.17 bits per heavy atom. The van der Waals surface area contributed by atoms with E-state index in [0.717, 1.165) is 10.6 Å². The van der Waals surface area contributed by atoms with E-state index in [-0.39, 0.29) is 12.4 Å². The molecule has 0 atom stereocenters. The summed E-state index contributed by atoms with van der Waals surface area (Å²) in [6.07, 6.45) is 5.38. The van der Waals surface area contributed by atoms with Crippen molar-refractivity contribution in [2.45, 2.75) is 0 Å². The van der Waals surface area contributed by atoms with E-state index in [0.29, 0.717) is 0 Å². The lowest BCUT2D eigenvalue weighted by Gasteiger charge is -1.91. The predicted molar refractivity (Wildman–Crippen MR) is 52.6 cm³/mol. The molecule has 0 saturated carbocycles. The molecule has 0 fully saturated rings. The highest BCUT2D eigenvalue weighted by atomic mass is 35.5. The van der Waals surface area contributed by atoms with E-state index in [2.05, 4.69) is 9.97 Å². The van der Waals surface area contributed by atoms with Gasteiger partial charge in [-0.2, -0.15) is 0 Å². The number of rotatable bonds is 1. The van der Waals surface area contributed by atoms with E-state index in [1.807, 2.05) is 23.7 Å². The molecule has 2 nitrogen and oxygen atoms in total. The average molecular weight is 199 g/mol. The number of hydrogen-bond donors (Lipinski definition) is 0. The van der Waals surface area contributed by atoms with Crippen molar-refractivity contribution in [3.8, 4) is 10.6 Å². The first kappa shape index (κ1) is 9.16. The van der Waals surface area contributed by atoms with E-state index >= 15 is 0 Å². The van der Waals surface area contributed by atoms with E-state index in [9.17, 15) is 0 Å². The van der Waals surface area contributed by atoms with Crippen molar-refractivity contribution in [2.75, 3.05) is 0 Å². The second-order valence-electron chi connectivity index (χ2n) is 2.08. The molecule has 0 amide bonds. The molecule has 0 unspecified atom stereocenters. The van der Waals surface area contributed by atoms with Crippen LogP contribution in [0.25, 0.3) is 10.6 Å². The SMILES string of the molecule is Cl.c1cncc(-c2nccs2)c1. The molecule has 0 saturated heterocycles. The first-order chi connectivity index (χ1) is 5.47. The Balaban J connectivity index is 0.000000720. The molecule has 2 aromatic heterocycles. The zero-order valence-electron chi connectivity index (χ0n) is 6.18. The van der Waals surface area contributed by atoms with Gasteiger partial charge < -0.3 is 0 Å². The third kappa shape index (κ3) is 1.81. The summed E-state index contributed by atoms with van der Waals surface area (Å²) in [5.41, 5.74) is 1.09. The molecule has 0 aliphatic rings. The van der Waals surface area contributed by atoms with Crippen molar-refractivity contribution in [1.29, 1.82) is 0 Å². The van der Waals surface area contributed by atoms with Crippen LogP contribution in [0, 0.1) is 0 Å². The molecule has 2 rings (SSSR count). The van der Waals surface area contributed by atoms with Crippen LogP contribution < -0.4 is 0 Å². The van der Waals surface area contributed by atoms with Gasteiger partial charge in [0.1, 0.15) is 5.01 Å². The fourth-order valence-electron chi connectivity index (χ4n) is 0.855. The molecule has 0 radical (unpaired) electrons. The van der Waals surface area contributed by atoms with Crippen LogP contribution >= 0.6 is 23.7 Å². The van der Waals surface area contributed by atoms with Gasteiger partial charge in [-0.25, -0.2) is 4.98 Å². The minimum absolute atomic E-state index is 0. The van der Waals surface area contributed by atoms with Gasteiger partial charge in [-0.1, -0.05) is 0 Å². The molecular weight excluding hydrogens is 192 g/mol. The normalized spacial score (nSPS) is 9.00. The Hall–Kier alpha value is -0.930. The lowest BCUT2D eigenvalue weighted by molar-refractivity contribution is 1.31. The van der Waals surface area contributed by atoms with Gasteiger partial charge in [0.05, 0.1) is 0 Å². The molecule has 62 valence electrons. The van der Waals surface area contributed by atoms with E-state index in [4.69, 9.17) is 0 Å². The van der Waals surface area contributed by atoms with Gasteiger partial charge in [-0.15, -0.1) is 23.7 Å². The van der Waals surface area contributed by atoms with Crippen molar-refractivity contribution >= 4 is 23.7 Å². The van der Waals surface area contributed by atoms with Gasteiger partial charge in [-0.05, 0) is 12.1 Å². The largest absolute Gasteiger partial charge is 0.264 e. The fraction of sp³-hybridized carbons (Fsp3) is 0. The van der Waals surface area contributed by atoms with Crippen LogP contribution in [0.3, 0.4) is 0 Å². The van der Waals surface area contributed by atoms with Gasteiger partial charge in [0.15, 0.2) is 0 Å². The number of aromatic nitrogens is 2. The standard InChI is InChI=1S/C8H6N2S.ClH/c1-2-7(6-9-3-1)8-10-4-5-11-8;/h1-6H;1H.